The van der Waals surface area contributed by atoms with E-state index in [0.717, 1.165) is 23.3 Å². The molecule has 2 saturated carbocycles. The molecule has 9 rings (SSSR count). The Morgan fingerprint density at radius 2 is 0.900 bits per heavy atom. The van der Waals surface area contributed by atoms with Crippen LogP contribution in [0.3, 0.4) is 0 Å². The van der Waals surface area contributed by atoms with E-state index in [2.05, 4.69) is 133 Å². The molecule has 11 radical (unpaired) electrons. The van der Waals surface area contributed by atoms with Crippen molar-refractivity contribution in [3.05, 3.63) is 232 Å². The van der Waals surface area contributed by atoms with Crippen molar-refractivity contribution in [2.75, 3.05) is 0 Å². The molecular weight excluding hydrogens is 1130 g/mol. The van der Waals surface area contributed by atoms with Gasteiger partial charge in [-0.25, -0.2) is 0 Å². The second kappa shape index (κ2) is 28.9. The SMILES string of the molecule is C/C(=N/[N-]C(=S)[N-]c1nc2ccc([N+](=O)[O-])cc2s1)[C]1[CH][CH][CH][CH]1.C/C(=N\[N-]C(=S)[N-]c1nc2ccc([N+](=O)[O-])cc2s1)[C]1[CH][CH][CH][CH]1.[Cl-].[Fe+2].[Ru+3].c1ccc(P(c2ccccc2)c2ccccc2)cc1. The van der Waals surface area contributed by atoms with Crippen LogP contribution < -0.4 is 28.3 Å². The number of rotatable bonds is 11. The zero-order valence-corrected chi connectivity index (χ0v) is 44.3. The molecule has 0 bridgehead atoms. The Morgan fingerprint density at radius 3 is 1.21 bits per heavy atom. The van der Waals surface area contributed by atoms with Gasteiger partial charge in [0.2, 0.25) is 0 Å². The normalized spacial score (nSPS) is 13.6. The third-order valence-electron chi connectivity index (χ3n) is 9.30. The number of halogens is 1. The molecule has 70 heavy (non-hydrogen) atoms. The van der Waals surface area contributed by atoms with Crippen molar-refractivity contribution in [1.82, 2.24) is 9.97 Å². The van der Waals surface area contributed by atoms with E-state index < -0.39 is 17.8 Å². The molecule has 5 aromatic carbocycles. The summed E-state index contributed by atoms with van der Waals surface area (Å²) in [5, 5.41) is 43.0. The summed E-state index contributed by atoms with van der Waals surface area (Å²) in [6.45, 7) is 3.66. The zero-order chi connectivity index (χ0) is 47.1. The quantitative estimate of drug-likeness (QED) is 0.0305. The van der Waals surface area contributed by atoms with E-state index >= 15 is 0 Å². The first kappa shape index (κ1) is 57.8. The number of hydrogen-bond acceptors (Lipinski definition) is 12. The van der Waals surface area contributed by atoms with Gasteiger partial charge in [0, 0.05) is 46.4 Å². The number of nitrogens with zero attached hydrogens (tertiary/aromatic N) is 10. The van der Waals surface area contributed by atoms with Crippen molar-refractivity contribution in [2.45, 2.75) is 13.8 Å². The number of fused-ring (bicyclic) bond motifs is 2. The first-order chi connectivity index (χ1) is 32.5. The van der Waals surface area contributed by atoms with Crippen LogP contribution in [0.4, 0.5) is 21.6 Å². The summed E-state index contributed by atoms with van der Waals surface area (Å²) >= 11 is 12.6. The van der Waals surface area contributed by atoms with E-state index in [9.17, 15) is 20.2 Å². The van der Waals surface area contributed by atoms with Crippen LogP contribution in [0.2, 0.25) is 0 Å². The monoisotopic (exact) mass is 1170 g/mol. The third kappa shape index (κ3) is 16.7. The first-order valence-corrected chi connectivity index (χ1v) is 23.8. The van der Waals surface area contributed by atoms with Crippen LogP contribution in [-0.2, 0) is 36.5 Å². The van der Waals surface area contributed by atoms with E-state index in [1.165, 1.54) is 62.9 Å². The van der Waals surface area contributed by atoms with Gasteiger partial charge in [0.05, 0.1) is 30.3 Å². The summed E-state index contributed by atoms with van der Waals surface area (Å²) in [5.74, 6) is 1.93. The van der Waals surface area contributed by atoms with E-state index in [4.69, 9.17) is 24.4 Å². The number of aromatic nitrogens is 2. The number of thiocarbonyl (C=S) groups is 2. The van der Waals surface area contributed by atoms with Gasteiger partial charge >= 0.3 is 36.5 Å². The second-order valence-corrected chi connectivity index (χ2v) is 18.8. The average Bonchev–Trinajstić information content (AvgIpc) is 4.19. The van der Waals surface area contributed by atoms with Crippen molar-refractivity contribution in [1.29, 1.82) is 0 Å². The minimum atomic E-state index is -0.447. The molecule has 2 aromatic heterocycles. The molecule has 2 fully saturated rings. The van der Waals surface area contributed by atoms with Gasteiger partial charge < -0.3 is 44.1 Å². The largest absolute Gasteiger partial charge is 3.00 e. The van der Waals surface area contributed by atoms with Crippen LogP contribution in [0.1, 0.15) is 13.8 Å². The molecule has 0 aliphatic heterocycles. The summed E-state index contributed by atoms with van der Waals surface area (Å²) in [6.07, 6.45) is 15.4. The van der Waals surface area contributed by atoms with Crippen LogP contribution in [0, 0.1) is 83.4 Å². The van der Waals surface area contributed by atoms with Crippen molar-refractivity contribution in [2.24, 2.45) is 10.2 Å². The smallest absolute Gasteiger partial charge is 1.00 e. The van der Waals surface area contributed by atoms with Gasteiger partial charge in [-0.05, 0) is 113 Å². The Labute approximate surface area is 456 Å². The zero-order valence-electron chi connectivity index (χ0n) is 36.5. The van der Waals surface area contributed by atoms with Gasteiger partial charge in [-0.1, -0.05) is 91.0 Å². The molecule has 2 aliphatic carbocycles. The standard InChI is InChI=1S/C18H15P.2C15H11N5O2S2.ClH.Fe.Ru/c1-4-10-16(11-5-1)19(17-12-6-2-7-13-17)18-14-8-3-9-15-18;2*1-9(10-4-2-3-5-10)18-19-14(23)17-15-16-12-7-6-11(20(21)22)8-13(12)24-15;;;/h1-15H;2*2-8H,1H3,(H-,16,17,19,23);1H;;/q;2*-1;;+2;+3/p-3/b;18-9+;18-9-;;;. The Bertz CT molecular complexity index is 2660. The van der Waals surface area contributed by atoms with E-state index in [1.807, 2.05) is 65.2 Å². The van der Waals surface area contributed by atoms with Gasteiger partial charge in [0.1, 0.15) is 0 Å². The molecule has 2 aliphatic rings. The second-order valence-electron chi connectivity index (χ2n) is 13.9. The number of benzene rings is 5. The molecular formula is C48H35ClFeN10O4PRuS4. The van der Waals surface area contributed by atoms with E-state index in [-0.39, 0.29) is 70.6 Å². The Kier molecular flexibility index (Phi) is 23.9. The van der Waals surface area contributed by atoms with Crippen LogP contribution in [-0.4, -0.2) is 41.5 Å². The molecule has 2 heterocycles. The van der Waals surface area contributed by atoms with Crippen LogP contribution in [0.15, 0.2) is 138 Å². The third-order valence-corrected chi connectivity index (χ3v) is 13.9. The number of hydrogen-bond donors (Lipinski definition) is 0. The topological polar surface area (TPSA) is 193 Å². The first-order valence-electron chi connectivity index (χ1n) is 20.0. The molecule has 0 amide bonds. The minimum Gasteiger partial charge on any atom is -1.00 e. The van der Waals surface area contributed by atoms with E-state index in [0.29, 0.717) is 30.7 Å². The van der Waals surface area contributed by atoms with Crippen molar-refractivity contribution in [3.63, 3.8) is 0 Å². The van der Waals surface area contributed by atoms with Crippen LogP contribution >= 0.6 is 55.0 Å². The maximum absolute atomic E-state index is 10.8. The van der Waals surface area contributed by atoms with Crippen molar-refractivity contribution in [3.8, 4) is 0 Å². The molecule has 7 aromatic rings. The summed E-state index contributed by atoms with van der Waals surface area (Å²) in [5.41, 5.74) is 10.6. The molecule has 22 heteroatoms. The number of nitro benzene ring substituents is 2. The van der Waals surface area contributed by atoms with Gasteiger partial charge in [-0.2, -0.15) is 10.2 Å². The summed E-state index contributed by atoms with van der Waals surface area (Å²) < 4.78 is 1.34. The van der Waals surface area contributed by atoms with Gasteiger partial charge in [-0.15, -0.1) is 47.1 Å². The maximum atomic E-state index is 10.8. The number of non-ortho nitro benzene ring substituents is 2. The molecule has 0 unspecified atom stereocenters. The molecule has 353 valence electrons. The summed E-state index contributed by atoms with van der Waals surface area (Å²) in [4.78, 5) is 29.2. The molecule has 0 N–H and O–H groups in total. The van der Waals surface area contributed by atoms with Crippen molar-refractivity contribution < 1.29 is 58.8 Å². The van der Waals surface area contributed by atoms with E-state index in [1.54, 1.807) is 12.1 Å². The molecule has 0 spiro atoms. The van der Waals surface area contributed by atoms with Crippen LogP contribution in [0.25, 0.3) is 41.9 Å². The predicted octanol–water partition coefficient (Wildman–Crippen LogP) is 9.74. The van der Waals surface area contributed by atoms with Crippen molar-refractivity contribution >= 4 is 135 Å². The maximum Gasteiger partial charge on any atom is 3.00 e. The summed E-state index contributed by atoms with van der Waals surface area (Å²) in [7, 11) is -0.446. The van der Waals surface area contributed by atoms with Crippen LogP contribution in [0.5, 0.6) is 0 Å². The Hall–Kier alpha value is -4.74. The summed E-state index contributed by atoms with van der Waals surface area (Å²) in [6, 6.07) is 41.2. The number of thiazole rings is 2. The molecule has 0 saturated heterocycles. The molecule has 0 atom stereocenters. The average molecular weight is 1170 g/mol. The minimum absolute atomic E-state index is 0. The fraction of sp³-hybridized carbons (Fsp3) is 0.0417. The van der Waals surface area contributed by atoms with Gasteiger partial charge in [0.15, 0.2) is 0 Å². The number of nitro groups is 2. The Morgan fingerprint density at radius 1 is 0.571 bits per heavy atom. The Balaban J connectivity index is 0.000000225. The molecule has 14 nitrogen and oxygen atoms in total. The van der Waals surface area contributed by atoms with Gasteiger partial charge in [-0.3, -0.25) is 30.2 Å². The van der Waals surface area contributed by atoms with Gasteiger partial charge in [0.25, 0.3) is 11.4 Å². The predicted molar refractivity (Wildman–Crippen MR) is 283 cm³/mol. The fourth-order valence-electron chi connectivity index (χ4n) is 6.09. The fourth-order valence-corrected chi connectivity index (χ4v) is 10.5.